The van der Waals surface area contributed by atoms with E-state index in [1.54, 1.807) is 24.3 Å². The molecule has 3 aromatic carbocycles. The first-order valence-corrected chi connectivity index (χ1v) is 12.4. The van der Waals surface area contributed by atoms with E-state index in [1.807, 2.05) is 51.1 Å². The summed E-state index contributed by atoms with van der Waals surface area (Å²) in [4.78, 5) is 17.4. The van der Waals surface area contributed by atoms with Crippen molar-refractivity contribution in [3.8, 4) is 23.1 Å². The molecule has 1 unspecified atom stereocenters. The van der Waals surface area contributed by atoms with Crippen LogP contribution in [0.5, 0.6) is 6.01 Å². The van der Waals surface area contributed by atoms with Crippen molar-refractivity contribution >= 4 is 11.6 Å². The molecular formula is C29H29F3N4O2. The second kappa shape index (κ2) is 11.5. The molecule has 0 aliphatic rings. The Hall–Kier alpha value is -4.14. The zero-order valence-electron chi connectivity index (χ0n) is 21.4. The van der Waals surface area contributed by atoms with Crippen LogP contribution in [-0.2, 0) is 11.0 Å². The number of ether oxygens (including phenoxy) is 1. The van der Waals surface area contributed by atoms with E-state index in [-0.39, 0.29) is 23.8 Å². The van der Waals surface area contributed by atoms with Crippen molar-refractivity contribution in [3.05, 3.63) is 90.0 Å². The summed E-state index contributed by atoms with van der Waals surface area (Å²) in [6.45, 7) is 6.33. The summed E-state index contributed by atoms with van der Waals surface area (Å²) >= 11 is 0. The Morgan fingerprint density at radius 3 is 2.21 bits per heavy atom. The predicted molar refractivity (Wildman–Crippen MR) is 140 cm³/mol. The first kappa shape index (κ1) is 26.9. The number of hydrogen-bond donors (Lipinski definition) is 1. The Kier molecular flexibility index (Phi) is 8.14. The van der Waals surface area contributed by atoms with Crippen LogP contribution in [-0.4, -0.2) is 27.3 Å². The minimum atomic E-state index is -4.44. The number of hydrogen-bond acceptors (Lipinski definition) is 4. The molecule has 198 valence electrons. The molecule has 38 heavy (non-hydrogen) atoms. The highest BCUT2D eigenvalue weighted by Gasteiger charge is 2.30. The molecule has 0 radical (unpaired) electrons. The minimum absolute atomic E-state index is 0.109. The van der Waals surface area contributed by atoms with Crippen molar-refractivity contribution in [1.29, 1.82) is 0 Å². The summed E-state index contributed by atoms with van der Waals surface area (Å²) < 4.78 is 46.4. The Morgan fingerprint density at radius 1 is 0.974 bits per heavy atom. The molecule has 1 aromatic heterocycles. The van der Waals surface area contributed by atoms with Gasteiger partial charge in [0.1, 0.15) is 0 Å². The Bertz CT molecular complexity index is 1350. The van der Waals surface area contributed by atoms with E-state index in [9.17, 15) is 18.0 Å². The smallest absolute Gasteiger partial charge is 0.416 e. The number of alkyl halides is 3. The Balaban J connectivity index is 1.60. The second-order valence-electron chi connectivity index (χ2n) is 9.32. The van der Waals surface area contributed by atoms with Crippen molar-refractivity contribution in [2.24, 2.45) is 5.92 Å². The summed E-state index contributed by atoms with van der Waals surface area (Å²) in [5, 5.41) is 7.40. The van der Waals surface area contributed by atoms with Crippen LogP contribution in [0.25, 0.3) is 17.1 Å². The third kappa shape index (κ3) is 6.40. The van der Waals surface area contributed by atoms with E-state index < -0.39 is 11.7 Å². The molecule has 6 nitrogen and oxygen atoms in total. The zero-order chi connectivity index (χ0) is 27.3. The van der Waals surface area contributed by atoms with Gasteiger partial charge in [-0.05, 0) is 54.3 Å². The zero-order valence-corrected chi connectivity index (χ0v) is 21.4. The molecule has 9 heteroatoms. The van der Waals surface area contributed by atoms with Gasteiger partial charge in [0, 0.05) is 11.3 Å². The topological polar surface area (TPSA) is 69.0 Å². The van der Waals surface area contributed by atoms with Crippen molar-refractivity contribution in [3.63, 3.8) is 0 Å². The lowest BCUT2D eigenvalue weighted by Gasteiger charge is -2.15. The molecule has 0 aliphatic carbocycles. The normalized spacial score (nSPS) is 12.4. The highest BCUT2D eigenvalue weighted by molar-refractivity contribution is 5.95. The maximum Gasteiger partial charge on any atom is 0.416 e. The van der Waals surface area contributed by atoms with Gasteiger partial charge in [-0.25, -0.2) is 4.68 Å². The van der Waals surface area contributed by atoms with Crippen LogP contribution in [0.4, 0.5) is 18.9 Å². The predicted octanol–water partition coefficient (Wildman–Crippen LogP) is 7.12. The number of amides is 1. The first-order chi connectivity index (χ1) is 18.2. The van der Waals surface area contributed by atoms with Crippen molar-refractivity contribution in [2.45, 2.75) is 39.3 Å². The van der Waals surface area contributed by atoms with Gasteiger partial charge in [0.15, 0.2) is 5.82 Å². The minimum Gasteiger partial charge on any atom is -0.462 e. The molecule has 0 bridgehead atoms. The number of nitrogens with zero attached hydrogens (tertiary/aromatic N) is 3. The van der Waals surface area contributed by atoms with Gasteiger partial charge in [-0.3, -0.25) is 4.79 Å². The summed E-state index contributed by atoms with van der Waals surface area (Å²) in [5.41, 5.74) is 1.88. The molecule has 1 heterocycles. The van der Waals surface area contributed by atoms with Crippen LogP contribution in [0.3, 0.4) is 0 Å². The van der Waals surface area contributed by atoms with E-state index in [0.717, 1.165) is 17.7 Å². The summed E-state index contributed by atoms with van der Waals surface area (Å²) in [7, 11) is 0. The average molecular weight is 523 g/mol. The van der Waals surface area contributed by atoms with Crippen LogP contribution in [0, 0.1) is 5.92 Å². The maximum atomic E-state index is 13.1. The van der Waals surface area contributed by atoms with E-state index in [2.05, 4.69) is 15.4 Å². The van der Waals surface area contributed by atoms with E-state index >= 15 is 0 Å². The standard InChI is InChI=1S/C29H29F3N4O2/c1-4-25(20-8-6-5-7-9-20)27(37)33-23-14-16-24(17-15-23)36-26(34-28(35-36)38-18-19(2)3)21-10-12-22(13-11-21)29(30,31)32/h5-17,19,25H,4,18H2,1-3H3,(H,33,37). The van der Waals surface area contributed by atoms with Crippen LogP contribution in [0.1, 0.15) is 44.2 Å². The third-order valence-corrected chi connectivity index (χ3v) is 5.91. The summed E-state index contributed by atoms with van der Waals surface area (Å²) in [6.07, 6.45) is -3.78. The van der Waals surface area contributed by atoms with E-state index in [4.69, 9.17) is 4.74 Å². The number of carbonyl (C=O) groups excluding carboxylic acids is 1. The van der Waals surface area contributed by atoms with Crippen LogP contribution in [0.2, 0.25) is 0 Å². The van der Waals surface area contributed by atoms with Crippen LogP contribution in [0.15, 0.2) is 78.9 Å². The van der Waals surface area contributed by atoms with Gasteiger partial charge < -0.3 is 10.1 Å². The van der Waals surface area contributed by atoms with Crippen LogP contribution < -0.4 is 10.1 Å². The summed E-state index contributed by atoms with van der Waals surface area (Å²) in [5.74, 6) is 0.187. The highest BCUT2D eigenvalue weighted by Crippen LogP contribution is 2.32. The third-order valence-electron chi connectivity index (χ3n) is 5.91. The lowest BCUT2D eigenvalue weighted by Crippen LogP contribution is -2.20. The fourth-order valence-electron chi connectivity index (χ4n) is 3.94. The number of aromatic nitrogens is 3. The number of carbonyl (C=O) groups is 1. The largest absolute Gasteiger partial charge is 0.462 e. The average Bonchev–Trinajstić information content (AvgIpc) is 3.33. The molecule has 1 N–H and O–H groups in total. The molecule has 0 spiro atoms. The van der Waals surface area contributed by atoms with Crippen molar-refractivity contribution < 1.29 is 22.7 Å². The van der Waals surface area contributed by atoms with Gasteiger partial charge in [0.05, 0.1) is 23.8 Å². The molecule has 1 amide bonds. The van der Waals surface area contributed by atoms with Gasteiger partial charge >= 0.3 is 12.2 Å². The van der Waals surface area contributed by atoms with E-state index in [0.29, 0.717) is 35.8 Å². The number of rotatable bonds is 9. The molecule has 0 fully saturated rings. The van der Waals surface area contributed by atoms with Crippen molar-refractivity contribution in [1.82, 2.24) is 14.8 Å². The lowest BCUT2D eigenvalue weighted by molar-refractivity contribution is -0.137. The summed E-state index contributed by atoms with van der Waals surface area (Å²) in [6, 6.07) is 21.5. The molecule has 4 aromatic rings. The quantitative estimate of drug-likeness (QED) is 0.254. The molecule has 0 saturated carbocycles. The van der Waals surface area contributed by atoms with Crippen molar-refractivity contribution in [2.75, 3.05) is 11.9 Å². The molecule has 0 aliphatic heterocycles. The second-order valence-corrected chi connectivity index (χ2v) is 9.32. The SMILES string of the molecule is CCC(C(=O)Nc1ccc(-n2nc(OCC(C)C)nc2-c2ccc(C(F)(F)F)cc2)cc1)c1ccccc1. The number of anilines is 1. The molecular weight excluding hydrogens is 493 g/mol. The van der Waals surface area contributed by atoms with Gasteiger partial charge in [0.2, 0.25) is 5.91 Å². The van der Waals surface area contributed by atoms with Gasteiger partial charge in [-0.1, -0.05) is 63.2 Å². The fraction of sp³-hybridized carbons (Fsp3) is 0.276. The number of nitrogens with one attached hydrogen (secondary N) is 1. The first-order valence-electron chi connectivity index (χ1n) is 12.4. The number of benzene rings is 3. The number of halogens is 3. The molecule has 4 rings (SSSR count). The van der Waals surface area contributed by atoms with Gasteiger partial charge in [0.25, 0.3) is 0 Å². The monoisotopic (exact) mass is 522 g/mol. The highest BCUT2D eigenvalue weighted by atomic mass is 19.4. The molecule has 0 saturated heterocycles. The van der Waals surface area contributed by atoms with Gasteiger partial charge in [-0.2, -0.15) is 18.2 Å². The fourth-order valence-corrected chi connectivity index (χ4v) is 3.94. The van der Waals surface area contributed by atoms with Crippen LogP contribution >= 0.6 is 0 Å². The van der Waals surface area contributed by atoms with E-state index in [1.165, 1.54) is 16.8 Å². The Labute approximate surface area is 219 Å². The maximum absolute atomic E-state index is 13.1. The van der Waals surface area contributed by atoms with Gasteiger partial charge in [-0.15, -0.1) is 5.10 Å². The Morgan fingerprint density at radius 2 is 1.63 bits per heavy atom. The molecule has 1 atom stereocenters. The lowest BCUT2D eigenvalue weighted by atomic mass is 9.95.